The van der Waals surface area contributed by atoms with Gasteiger partial charge in [-0.1, -0.05) is 13.8 Å². The van der Waals surface area contributed by atoms with E-state index in [1.54, 1.807) is 0 Å². The molecule has 2 heterocycles. The summed E-state index contributed by atoms with van der Waals surface area (Å²) in [6.07, 6.45) is 1.60. The second kappa shape index (κ2) is 5.63. The van der Waals surface area contributed by atoms with Gasteiger partial charge in [-0.2, -0.15) is 0 Å². The van der Waals surface area contributed by atoms with Gasteiger partial charge in [0.15, 0.2) is 5.13 Å². The molecule has 116 valence electrons. The number of carboxylic acid groups (broad SMARTS) is 1. The van der Waals surface area contributed by atoms with Gasteiger partial charge in [-0.25, -0.2) is 14.6 Å². The average Bonchev–Trinajstić information content (AvgIpc) is 2.66. The Morgan fingerprint density at radius 3 is 2.62 bits per heavy atom. The Morgan fingerprint density at radius 2 is 2.10 bits per heavy atom. The van der Waals surface area contributed by atoms with Crippen LogP contribution in [-0.4, -0.2) is 39.6 Å². The van der Waals surface area contributed by atoms with Crippen LogP contribution >= 0.6 is 11.3 Å². The number of urea groups is 1. The Hall–Kier alpha value is -1.63. The number of carboxylic acids is 1. The van der Waals surface area contributed by atoms with Gasteiger partial charge in [-0.3, -0.25) is 5.32 Å². The molecule has 0 spiro atoms. The minimum absolute atomic E-state index is 0.385. The number of aromatic nitrogens is 1. The molecule has 1 aromatic rings. The fourth-order valence-electron chi connectivity index (χ4n) is 2.77. The standard InChI is InChI=1S/C14H21N3O3S/c1-8-9(2)21-12(15-8)16-13(20)17-7-5-6-14(3,4)10(17)11(18)19/h10H,5-7H2,1-4H3,(H,18,19)(H,15,16,20). The third-order valence-electron chi connectivity index (χ3n) is 4.01. The first-order chi connectivity index (χ1) is 9.72. The van der Waals surface area contributed by atoms with Gasteiger partial charge < -0.3 is 10.0 Å². The quantitative estimate of drug-likeness (QED) is 0.880. The summed E-state index contributed by atoms with van der Waals surface area (Å²) < 4.78 is 0. The molecule has 1 fully saturated rings. The second-order valence-electron chi connectivity index (χ2n) is 6.12. The summed E-state index contributed by atoms with van der Waals surface area (Å²) in [6.45, 7) is 8.06. The van der Waals surface area contributed by atoms with E-state index in [-0.39, 0.29) is 6.03 Å². The van der Waals surface area contributed by atoms with Crippen molar-refractivity contribution < 1.29 is 14.7 Å². The minimum atomic E-state index is -0.957. The SMILES string of the molecule is Cc1nc(NC(=O)N2CCCC(C)(C)C2C(=O)O)sc1C. The van der Waals surface area contributed by atoms with Crippen molar-refractivity contribution in [3.05, 3.63) is 10.6 Å². The molecule has 6 nitrogen and oxygen atoms in total. The zero-order valence-electron chi connectivity index (χ0n) is 12.8. The highest BCUT2D eigenvalue weighted by molar-refractivity contribution is 7.15. The number of hydrogen-bond acceptors (Lipinski definition) is 4. The van der Waals surface area contributed by atoms with E-state index in [0.29, 0.717) is 11.7 Å². The number of likely N-dealkylation sites (tertiary alicyclic amines) is 1. The molecule has 0 bridgehead atoms. The van der Waals surface area contributed by atoms with Crippen LogP contribution in [0.3, 0.4) is 0 Å². The maximum Gasteiger partial charge on any atom is 0.327 e. The van der Waals surface area contributed by atoms with Crippen LogP contribution in [0.15, 0.2) is 0 Å². The number of carbonyl (C=O) groups is 2. The maximum atomic E-state index is 12.4. The highest BCUT2D eigenvalue weighted by atomic mass is 32.1. The smallest absolute Gasteiger partial charge is 0.327 e. The summed E-state index contributed by atoms with van der Waals surface area (Å²) in [5, 5.41) is 12.7. The molecule has 2 amide bonds. The van der Waals surface area contributed by atoms with Gasteiger partial charge in [-0.15, -0.1) is 11.3 Å². The molecule has 0 radical (unpaired) electrons. The predicted octanol–water partition coefficient (Wildman–Crippen LogP) is 2.87. The van der Waals surface area contributed by atoms with Crippen molar-refractivity contribution in [2.45, 2.75) is 46.6 Å². The first kappa shape index (κ1) is 15.8. The van der Waals surface area contributed by atoms with Gasteiger partial charge >= 0.3 is 12.0 Å². The third kappa shape index (κ3) is 3.18. The van der Waals surface area contributed by atoms with Crippen LogP contribution in [0.4, 0.5) is 9.93 Å². The van der Waals surface area contributed by atoms with Crippen LogP contribution in [0, 0.1) is 19.3 Å². The summed E-state index contributed by atoms with van der Waals surface area (Å²) in [5.41, 5.74) is 0.444. The number of amides is 2. The van der Waals surface area contributed by atoms with Crippen molar-refractivity contribution in [1.82, 2.24) is 9.88 Å². The van der Waals surface area contributed by atoms with E-state index in [0.717, 1.165) is 23.4 Å². The summed E-state index contributed by atoms with van der Waals surface area (Å²) in [5.74, 6) is -0.957. The number of rotatable bonds is 2. The molecule has 21 heavy (non-hydrogen) atoms. The van der Waals surface area contributed by atoms with Crippen molar-refractivity contribution in [2.24, 2.45) is 5.41 Å². The average molecular weight is 311 g/mol. The third-order valence-corrected chi connectivity index (χ3v) is 5.00. The molecule has 0 aliphatic carbocycles. The van der Waals surface area contributed by atoms with Gasteiger partial charge in [-0.05, 0) is 32.1 Å². The second-order valence-corrected chi connectivity index (χ2v) is 7.32. The zero-order valence-corrected chi connectivity index (χ0v) is 13.6. The van der Waals surface area contributed by atoms with Crippen LogP contribution in [0.2, 0.25) is 0 Å². The van der Waals surface area contributed by atoms with Gasteiger partial charge in [0.1, 0.15) is 6.04 Å². The first-order valence-corrected chi connectivity index (χ1v) is 7.78. The lowest BCUT2D eigenvalue weighted by molar-refractivity contribution is -0.148. The van der Waals surface area contributed by atoms with E-state index in [1.807, 2.05) is 27.7 Å². The van der Waals surface area contributed by atoms with Gasteiger partial charge in [0.2, 0.25) is 0 Å². The largest absolute Gasteiger partial charge is 0.480 e. The maximum absolute atomic E-state index is 12.4. The molecule has 1 saturated heterocycles. The number of aryl methyl sites for hydroxylation is 2. The van der Waals surface area contributed by atoms with Crippen LogP contribution in [0.1, 0.15) is 37.3 Å². The normalized spacial score (nSPS) is 21.1. The van der Waals surface area contributed by atoms with Gasteiger partial charge in [0.25, 0.3) is 0 Å². The van der Waals surface area contributed by atoms with Crippen molar-refractivity contribution in [2.75, 3.05) is 11.9 Å². The number of carbonyl (C=O) groups excluding carboxylic acids is 1. The van der Waals surface area contributed by atoms with Gasteiger partial charge in [0.05, 0.1) is 5.69 Å². The Morgan fingerprint density at radius 1 is 1.43 bits per heavy atom. The molecule has 1 aliphatic rings. The molecule has 1 aliphatic heterocycles. The van der Waals surface area contributed by atoms with Crippen molar-refractivity contribution in [3.63, 3.8) is 0 Å². The summed E-state index contributed by atoms with van der Waals surface area (Å²) in [7, 11) is 0. The van der Waals surface area contributed by atoms with Crippen molar-refractivity contribution in [3.8, 4) is 0 Å². The minimum Gasteiger partial charge on any atom is -0.480 e. The van der Waals surface area contributed by atoms with Crippen LogP contribution in [0.5, 0.6) is 0 Å². The molecule has 0 aromatic carbocycles. The lowest BCUT2D eigenvalue weighted by atomic mass is 9.76. The Bertz CT molecular complexity index is 548. The Labute approximate surface area is 128 Å². The summed E-state index contributed by atoms with van der Waals surface area (Å²) in [6, 6.07) is -1.20. The number of nitrogens with one attached hydrogen (secondary N) is 1. The molecule has 1 aromatic heterocycles. The number of thiazole rings is 1. The fraction of sp³-hybridized carbons (Fsp3) is 0.643. The Balaban J connectivity index is 2.18. The number of hydrogen-bond donors (Lipinski definition) is 2. The summed E-state index contributed by atoms with van der Waals surface area (Å²) in [4.78, 5) is 30.7. The van der Waals surface area contributed by atoms with Crippen molar-refractivity contribution >= 4 is 28.5 Å². The van der Waals surface area contributed by atoms with Crippen LogP contribution < -0.4 is 5.32 Å². The highest BCUT2D eigenvalue weighted by Crippen LogP contribution is 2.35. The molecular weight excluding hydrogens is 290 g/mol. The van der Waals surface area contributed by atoms with Gasteiger partial charge in [0, 0.05) is 11.4 Å². The number of nitrogens with zero attached hydrogens (tertiary/aromatic N) is 2. The fourth-order valence-corrected chi connectivity index (χ4v) is 3.57. The zero-order chi connectivity index (χ0) is 15.8. The topological polar surface area (TPSA) is 82.5 Å². The van der Waals surface area contributed by atoms with E-state index < -0.39 is 17.4 Å². The molecule has 7 heteroatoms. The van der Waals surface area contributed by atoms with E-state index in [1.165, 1.54) is 16.2 Å². The van der Waals surface area contributed by atoms with E-state index in [2.05, 4.69) is 10.3 Å². The molecule has 1 unspecified atom stereocenters. The lowest BCUT2D eigenvalue weighted by Crippen LogP contribution is -2.57. The molecule has 1 atom stereocenters. The number of piperidine rings is 1. The van der Waals surface area contributed by atoms with Crippen molar-refractivity contribution in [1.29, 1.82) is 0 Å². The number of aliphatic carboxylic acids is 1. The van der Waals surface area contributed by atoms with E-state index in [9.17, 15) is 14.7 Å². The molecule has 2 N–H and O–H groups in total. The predicted molar refractivity (Wildman–Crippen MR) is 81.8 cm³/mol. The molecular formula is C14H21N3O3S. The summed E-state index contributed by atoms with van der Waals surface area (Å²) >= 11 is 1.40. The Kier molecular flexibility index (Phi) is 4.22. The van der Waals surface area contributed by atoms with E-state index >= 15 is 0 Å². The first-order valence-electron chi connectivity index (χ1n) is 6.97. The number of anilines is 1. The van der Waals surface area contributed by atoms with E-state index in [4.69, 9.17) is 0 Å². The van der Waals surface area contributed by atoms with Crippen LogP contribution in [0.25, 0.3) is 0 Å². The highest BCUT2D eigenvalue weighted by Gasteiger charge is 2.44. The monoisotopic (exact) mass is 311 g/mol. The molecule has 0 saturated carbocycles. The van der Waals surface area contributed by atoms with Crippen LogP contribution in [-0.2, 0) is 4.79 Å². The lowest BCUT2D eigenvalue weighted by Gasteiger charge is -2.43. The molecule has 2 rings (SSSR count).